The number of hydrogen-bond acceptors (Lipinski definition) is 5. The van der Waals surface area contributed by atoms with Crippen molar-refractivity contribution in [3.8, 4) is 0 Å². The Hall–Kier alpha value is -1.43. The number of nitrogens with zero attached hydrogens (tertiary/aromatic N) is 3. The monoisotopic (exact) mass is 253 g/mol. The van der Waals surface area contributed by atoms with Crippen LogP contribution in [0.3, 0.4) is 0 Å². The van der Waals surface area contributed by atoms with Crippen molar-refractivity contribution in [2.45, 2.75) is 26.8 Å². The van der Waals surface area contributed by atoms with E-state index >= 15 is 0 Å². The molecule has 18 heavy (non-hydrogen) atoms. The van der Waals surface area contributed by atoms with Crippen molar-refractivity contribution in [2.24, 2.45) is 5.11 Å². The molecule has 0 aromatic carbocycles. The summed E-state index contributed by atoms with van der Waals surface area (Å²) in [5.41, 5.74) is 7.07. The average Bonchev–Trinajstić information content (AvgIpc) is 2.31. The lowest BCUT2D eigenvalue weighted by atomic mass is 10.3. The summed E-state index contributed by atoms with van der Waals surface area (Å²) in [5, 5.41) is 6.39. The topological polar surface area (TPSA) is 71.8 Å². The van der Waals surface area contributed by atoms with Crippen molar-refractivity contribution in [3.05, 3.63) is 11.9 Å². The van der Waals surface area contributed by atoms with Gasteiger partial charge in [0.1, 0.15) is 5.82 Å². The van der Waals surface area contributed by atoms with Gasteiger partial charge in [-0.3, -0.25) is 9.69 Å². The van der Waals surface area contributed by atoms with Gasteiger partial charge in [0, 0.05) is 32.2 Å². The second-order valence-corrected chi connectivity index (χ2v) is 4.74. The fourth-order valence-electron chi connectivity index (χ4n) is 2.02. The number of piperazine rings is 1. The number of hydrogen-bond donors (Lipinski definition) is 2. The molecule has 0 spiro atoms. The first kappa shape index (κ1) is 14.6. The van der Waals surface area contributed by atoms with Gasteiger partial charge in [0.05, 0.1) is 6.54 Å². The molecular formula is C12H23N5O. The van der Waals surface area contributed by atoms with Crippen LogP contribution in [0.2, 0.25) is 0 Å². The van der Waals surface area contributed by atoms with Crippen LogP contribution in [0.15, 0.2) is 17.0 Å². The summed E-state index contributed by atoms with van der Waals surface area (Å²) in [5.74, 6) is 0.788. The maximum atomic E-state index is 11.6. The van der Waals surface area contributed by atoms with Crippen LogP contribution in [0.25, 0.3) is 0 Å². The summed E-state index contributed by atoms with van der Waals surface area (Å²) >= 11 is 0. The molecular weight excluding hydrogens is 230 g/mol. The molecule has 0 unspecified atom stereocenters. The molecule has 0 bridgehead atoms. The SMILES string of the molecule is C/C=C(\N=N)N1CCN(CC(=O)NC(C)C)CC1. The minimum absolute atomic E-state index is 0.0786. The van der Waals surface area contributed by atoms with Gasteiger partial charge in [-0.2, -0.15) is 0 Å². The summed E-state index contributed by atoms with van der Waals surface area (Å²) in [7, 11) is 0. The van der Waals surface area contributed by atoms with Gasteiger partial charge in [0.2, 0.25) is 5.91 Å². The van der Waals surface area contributed by atoms with E-state index in [1.54, 1.807) is 0 Å². The minimum Gasteiger partial charge on any atom is -0.353 e. The summed E-state index contributed by atoms with van der Waals surface area (Å²) in [4.78, 5) is 15.8. The molecule has 0 aromatic heterocycles. The van der Waals surface area contributed by atoms with E-state index in [1.165, 1.54) is 0 Å². The van der Waals surface area contributed by atoms with Crippen molar-refractivity contribution in [2.75, 3.05) is 32.7 Å². The standard InChI is InChI=1S/C12H23N5O/c1-4-11(15-13)17-7-5-16(6-8-17)9-12(18)14-10(2)3/h4,10,13H,5-9H2,1-3H3,(H,14,18)/b11-4+,15-13?. The lowest BCUT2D eigenvalue weighted by Crippen LogP contribution is -2.49. The molecule has 0 aliphatic carbocycles. The number of carbonyl (C=O) groups excluding carboxylic acids is 1. The second-order valence-electron chi connectivity index (χ2n) is 4.74. The maximum absolute atomic E-state index is 11.6. The molecule has 1 heterocycles. The van der Waals surface area contributed by atoms with Crippen molar-refractivity contribution in [3.63, 3.8) is 0 Å². The predicted octanol–water partition coefficient (Wildman–Crippen LogP) is 1.02. The van der Waals surface area contributed by atoms with E-state index in [4.69, 9.17) is 5.53 Å². The number of amides is 1. The molecule has 1 saturated heterocycles. The van der Waals surface area contributed by atoms with Gasteiger partial charge in [-0.15, -0.1) is 5.11 Å². The van der Waals surface area contributed by atoms with E-state index in [0.29, 0.717) is 12.4 Å². The highest BCUT2D eigenvalue weighted by molar-refractivity contribution is 5.78. The van der Waals surface area contributed by atoms with Crippen LogP contribution in [0, 0.1) is 5.53 Å². The van der Waals surface area contributed by atoms with E-state index in [9.17, 15) is 4.79 Å². The summed E-state index contributed by atoms with van der Waals surface area (Å²) in [6.07, 6.45) is 1.84. The Morgan fingerprint density at radius 3 is 2.44 bits per heavy atom. The van der Waals surface area contributed by atoms with Crippen molar-refractivity contribution in [1.29, 1.82) is 5.53 Å². The first-order valence-electron chi connectivity index (χ1n) is 6.37. The molecule has 0 radical (unpaired) electrons. The largest absolute Gasteiger partial charge is 0.353 e. The molecule has 1 rings (SSSR count). The number of nitrogens with one attached hydrogen (secondary N) is 2. The molecule has 0 atom stereocenters. The van der Waals surface area contributed by atoms with E-state index < -0.39 is 0 Å². The van der Waals surface area contributed by atoms with Gasteiger partial charge in [-0.1, -0.05) is 0 Å². The summed E-state index contributed by atoms with van der Waals surface area (Å²) in [6.45, 7) is 9.56. The van der Waals surface area contributed by atoms with Gasteiger partial charge in [0.15, 0.2) is 0 Å². The third kappa shape index (κ3) is 4.44. The van der Waals surface area contributed by atoms with Crippen LogP contribution in [-0.4, -0.2) is 54.5 Å². The Balaban J connectivity index is 2.35. The molecule has 102 valence electrons. The Kier molecular flexibility index (Phi) is 5.77. The molecule has 2 N–H and O–H groups in total. The normalized spacial score (nSPS) is 18.0. The lowest BCUT2D eigenvalue weighted by Gasteiger charge is -2.35. The molecule has 1 amide bonds. The van der Waals surface area contributed by atoms with Gasteiger partial charge in [0.25, 0.3) is 0 Å². The molecule has 1 aliphatic heterocycles. The van der Waals surface area contributed by atoms with E-state index in [2.05, 4.69) is 20.2 Å². The predicted molar refractivity (Wildman–Crippen MR) is 70.2 cm³/mol. The lowest BCUT2D eigenvalue weighted by molar-refractivity contribution is -0.123. The summed E-state index contributed by atoms with van der Waals surface area (Å²) in [6, 6.07) is 0.190. The second kappa shape index (κ2) is 7.10. The van der Waals surface area contributed by atoms with Crippen LogP contribution in [0.1, 0.15) is 20.8 Å². The van der Waals surface area contributed by atoms with E-state index in [1.807, 2.05) is 26.8 Å². The quantitative estimate of drug-likeness (QED) is 0.719. The van der Waals surface area contributed by atoms with Crippen LogP contribution in [-0.2, 0) is 4.79 Å². The van der Waals surface area contributed by atoms with Crippen molar-refractivity contribution < 1.29 is 4.79 Å². The fraction of sp³-hybridized carbons (Fsp3) is 0.750. The highest BCUT2D eigenvalue weighted by Crippen LogP contribution is 2.10. The van der Waals surface area contributed by atoms with E-state index in [0.717, 1.165) is 26.2 Å². The van der Waals surface area contributed by atoms with Crippen molar-refractivity contribution >= 4 is 5.91 Å². The Morgan fingerprint density at radius 1 is 1.39 bits per heavy atom. The number of carbonyl (C=O) groups is 1. The van der Waals surface area contributed by atoms with E-state index in [-0.39, 0.29) is 11.9 Å². The average molecular weight is 253 g/mol. The third-order valence-corrected chi connectivity index (χ3v) is 2.89. The van der Waals surface area contributed by atoms with Crippen LogP contribution < -0.4 is 5.32 Å². The number of allylic oxidation sites excluding steroid dienone is 1. The van der Waals surface area contributed by atoms with Crippen molar-refractivity contribution in [1.82, 2.24) is 15.1 Å². The zero-order valence-electron chi connectivity index (χ0n) is 11.4. The first-order valence-corrected chi connectivity index (χ1v) is 6.37. The summed E-state index contributed by atoms with van der Waals surface area (Å²) < 4.78 is 0. The molecule has 0 aromatic rings. The highest BCUT2D eigenvalue weighted by atomic mass is 16.2. The molecule has 1 aliphatic rings. The van der Waals surface area contributed by atoms with Gasteiger partial charge < -0.3 is 10.2 Å². The Bertz CT molecular complexity index is 318. The van der Waals surface area contributed by atoms with Gasteiger partial charge in [-0.05, 0) is 26.8 Å². The third-order valence-electron chi connectivity index (χ3n) is 2.89. The van der Waals surface area contributed by atoms with Crippen LogP contribution >= 0.6 is 0 Å². The molecule has 1 fully saturated rings. The Morgan fingerprint density at radius 2 is 2.00 bits per heavy atom. The van der Waals surface area contributed by atoms with Crippen LogP contribution in [0.5, 0.6) is 0 Å². The minimum atomic E-state index is 0.0786. The highest BCUT2D eigenvalue weighted by Gasteiger charge is 2.20. The Labute approximate surface area is 109 Å². The maximum Gasteiger partial charge on any atom is 0.234 e. The zero-order valence-corrected chi connectivity index (χ0v) is 11.4. The van der Waals surface area contributed by atoms with Crippen LogP contribution in [0.4, 0.5) is 0 Å². The van der Waals surface area contributed by atoms with Gasteiger partial charge in [-0.25, -0.2) is 5.53 Å². The molecule has 6 nitrogen and oxygen atoms in total. The molecule has 6 heteroatoms. The fourth-order valence-corrected chi connectivity index (χ4v) is 2.02. The smallest absolute Gasteiger partial charge is 0.234 e. The number of rotatable bonds is 5. The molecule has 0 saturated carbocycles. The first-order chi connectivity index (χ1) is 8.56. The van der Waals surface area contributed by atoms with Gasteiger partial charge >= 0.3 is 0 Å². The zero-order chi connectivity index (χ0) is 13.5.